The summed E-state index contributed by atoms with van der Waals surface area (Å²) in [5.41, 5.74) is 3.45. The van der Waals surface area contributed by atoms with E-state index < -0.39 is 0 Å². The zero-order chi connectivity index (χ0) is 11.0. The van der Waals surface area contributed by atoms with Crippen molar-refractivity contribution in [2.75, 3.05) is 0 Å². The molecule has 1 heterocycles. The smallest absolute Gasteiger partial charge is 0.0531 e. The van der Waals surface area contributed by atoms with E-state index >= 15 is 0 Å². The van der Waals surface area contributed by atoms with Crippen LogP contribution in [0.25, 0.3) is 16.6 Å². The van der Waals surface area contributed by atoms with E-state index in [2.05, 4.69) is 48.0 Å². The van der Waals surface area contributed by atoms with Gasteiger partial charge in [0.05, 0.1) is 5.52 Å². The first-order valence-electron chi connectivity index (χ1n) is 5.34. The van der Waals surface area contributed by atoms with Gasteiger partial charge in [0, 0.05) is 17.3 Å². The monoisotopic (exact) mass is 206 g/mol. The van der Waals surface area contributed by atoms with Gasteiger partial charge in [-0.25, -0.2) is 0 Å². The minimum absolute atomic E-state index is 1.07. The van der Waals surface area contributed by atoms with Crippen LogP contribution in [0.5, 0.6) is 0 Å². The molecule has 0 N–H and O–H groups in total. The second-order valence-corrected chi connectivity index (χ2v) is 3.88. The van der Waals surface area contributed by atoms with Crippen molar-refractivity contribution in [2.45, 2.75) is 0 Å². The van der Waals surface area contributed by atoms with Crippen LogP contribution in [0.3, 0.4) is 0 Å². The molecular formula is C15H12N. The first kappa shape index (κ1) is 9.22. The van der Waals surface area contributed by atoms with Gasteiger partial charge in [-0.15, -0.1) is 0 Å². The van der Waals surface area contributed by atoms with Gasteiger partial charge in [-0.2, -0.15) is 0 Å². The quantitative estimate of drug-likeness (QED) is 0.570. The van der Waals surface area contributed by atoms with Gasteiger partial charge in [0.1, 0.15) is 0 Å². The summed E-state index contributed by atoms with van der Waals surface area (Å²) in [6.07, 6.45) is 2.08. The third-order valence-electron chi connectivity index (χ3n) is 2.83. The zero-order valence-corrected chi connectivity index (χ0v) is 8.93. The molecule has 0 fully saturated rings. The van der Waals surface area contributed by atoms with E-state index in [1.54, 1.807) is 0 Å². The lowest BCUT2D eigenvalue weighted by molar-refractivity contribution is 1.12. The topological polar surface area (TPSA) is 4.93 Å². The van der Waals surface area contributed by atoms with Crippen molar-refractivity contribution in [3.05, 3.63) is 73.3 Å². The van der Waals surface area contributed by atoms with Crippen molar-refractivity contribution < 1.29 is 0 Å². The summed E-state index contributed by atoms with van der Waals surface area (Å²) in [6.45, 7) is 4.07. The standard InChI is InChI=1S/C15H12N/c1-12-11-16(13-7-3-2-4-8-13)15-10-6-5-9-14(12)15/h2-11H,1H2. The molecule has 77 valence electrons. The van der Waals surface area contributed by atoms with Gasteiger partial charge in [-0.1, -0.05) is 36.4 Å². The van der Waals surface area contributed by atoms with E-state index in [1.165, 1.54) is 16.6 Å². The van der Waals surface area contributed by atoms with Gasteiger partial charge in [0.2, 0.25) is 0 Å². The summed E-state index contributed by atoms with van der Waals surface area (Å²) in [7, 11) is 0. The van der Waals surface area contributed by atoms with Crippen LogP contribution in [0.2, 0.25) is 0 Å². The van der Waals surface area contributed by atoms with Gasteiger partial charge in [-0.3, -0.25) is 0 Å². The molecule has 0 saturated heterocycles. The van der Waals surface area contributed by atoms with E-state index in [9.17, 15) is 0 Å². The molecule has 0 aliphatic heterocycles. The highest BCUT2D eigenvalue weighted by atomic mass is 15.0. The molecule has 0 unspecified atom stereocenters. The first-order chi connectivity index (χ1) is 7.86. The van der Waals surface area contributed by atoms with Gasteiger partial charge in [0.15, 0.2) is 0 Å². The molecule has 0 aliphatic rings. The highest BCUT2D eigenvalue weighted by Crippen LogP contribution is 2.23. The molecule has 0 atom stereocenters. The molecule has 0 saturated carbocycles. The Morgan fingerprint density at radius 2 is 1.50 bits per heavy atom. The number of fused-ring (bicyclic) bond motifs is 1. The SMILES string of the molecule is [CH2]c1cn(-c2ccccc2)c2ccccc12. The third kappa shape index (κ3) is 1.33. The summed E-state index contributed by atoms with van der Waals surface area (Å²) in [6, 6.07) is 18.7. The number of hydrogen-bond donors (Lipinski definition) is 0. The molecule has 1 heteroatoms. The molecule has 0 amide bonds. The summed E-state index contributed by atoms with van der Waals surface area (Å²) < 4.78 is 2.18. The predicted molar refractivity (Wildman–Crippen MR) is 67.7 cm³/mol. The fourth-order valence-electron chi connectivity index (χ4n) is 2.05. The second-order valence-electron chi connectivity index (χ2n) is 3.88. The fourth-order valence-corrected chi connectivity index (χ4v) is 2.05. The Morgan fingerprint density at radius 1 is 0.812 bits per heavy atom. The fraction of sp³-hybridized carbons (Fsp3) is 0. The number of rotatable bonds is 1. The Hall–Kier alpha value is -2.02. The van der Waals surface area contributed by atoms with Crippen LogP contribution < -0.4 is 0 Å². The molecule has 1 nitrogen and oxygen atoms in total. The third-order valence-corrected chi connectivity index (χ3v) is 2.83. The van der Waals surface area contributed by atoms with Crippen LogP contribution >= 0.6 is 0 Å². The normalized spacial score (nSPS) is 10.8. The predicted octanol–water partition coefficient (Wildman–Crippen LogP) is 3.81. The van der Waals surface area contributed by atoms with Gasteiger partial charge >= 0.3 is 0 Å². The number of aromatic nitrogens is 1. The Balaban J connectivity index is 2.33. The first-order valence-corrected chi connectivity index (χ1v) is 5.34. The van der Waals surface area contributed by atoms with Gasteiger partial charge < -0.3 is 4.57 Å². The molecular weight excluding hydrogens is 194 g/mol. The van der Waals surface area contributed by atoms with E-state index in [1.807, 2.05) is 24.3 Å². The minimum Gasteiger partial charge on any atom is -0.316 e. The minimum atomic E-state index is 1.07. The van der Waals surface area contributed by atoms with E-state index in [-0.39, 0.29) is 0 Å². The molecule has 16 heavy (non-hydrogen) atoms. The van der Waals surface area contributed by atoms with Crippen molar-refractivity contribution in [3.8, 4) is 5.69 Å². The summed E-state index contributed by atoms with van der Waals surface area (Å²) in [4.78, 5) is 0. The average molecular weight is 206 g/mol. The van der Waals surface area contributed by atoms with Crippen molar-refractivity contribution in [1.82, 2.24) is 4.57 Å². The molecule has 1 radical (unpaired) electrons. The lowest BCUT2D eigenvalue weighted by Gasteiger charge is -2.04. The summed E-state index contributed by atoms with van der Waals surface area (Å²) >= 11 is 0. The highest BCUT2D eigenvalue weighted by molar-refractivity contribution is 5.86. The largest absolute Gasteiger partial charge is 0.316 e. The Labute approximate surface area is 95.0 Å². The molecule has 3 rings (SSSR count). The maximum Gasteiger partial charge on any atom is 0.0531 e. The van der Waals surface area contributed by atoms with Crippen molar-refractivity contribution in [3.63, 3.8) is 0 Å². The lowest BCUT2D eigenvalue weighted by Crippen LogP contribution is -1.90. The molecule has 0 bridgehead atoms. The van der Waals surface area contributed by atoms with Gasteiger partial charge in [-0.05, 0) is 30.7 Å². The van der Waals surface area contributed by atoms with Crippen LogP contribution in [0.1, 0.15) is 5.56 Å². The van der Waals surface area contributed by atoms with Crippen LogP contribution in [0.15, 0.2) is 60.8 Å². The number of hydrogen-bond acceptors (Lipinski definition) is 0. The Bertz CT molecular complexity index is 620. The van der Waals surface area contributed by atoms with Crippen LogP contribution in [0.4, 0.5) is 0 Å². The zero-order valence-electron chi connectivity index (χ0n) is 8.93. The van der Waals surface area contributed by atoms with E-state index in [0.717, 1.165) is 5.56 Å². The maximum absolute atomic E-state index is 4.07. The number of para-hydroxylation sites is 2. The van der Waals surface area contributed by atoms with Gasteiger partial charge in [0.25, 0.3) is 0 Å². The summed E-state index contributed by atoms with van der Waals surface area (Å²) in [5, 5.41) is 1.21. The van der Waals surface area contributed by atoms with Crippen molar-refractivity contribution >= 4 is 10.9 Å². The molecule has 0 aliphatic carbocycles. The average Bonchev–Trinajstić information content (AvgIpc) is 2.69. The van der Waals surface area contributed by atoms with Crippen LogP contribution in [-0.4, -0.2) is 4.57 Å². The van der Waals surface area contributed by atoms with E-state index in [0.29, 0.717) is 0 Å². The maximum atomic E-state index is 4.07. The number of benzene rings is 2. The molecule has 1 aromatic heterocycles. The Kier molecular flexibility index (Phi) is 2.03. The molecule has 3 aromatic rings. The highest BCUT2D eigenvalue weighted by Gasteiger charge is 2.05. The van der Waals surface area contributed by atoms with E-state index in [4.69, 9.17) is 0 Å². The molecule has 0 spiro atoms. The number of nitrogens with zero attached hydrogens (tertiary/aromatic N) is 1. The lowest BCUT2D eigenvalue weighted by atomic mass is 10.2. The van der Waals surface area contributed by atoms with Crippen LogP contribution in [-0.2, 0) is 0 Å². The van der Waals surface area contributed by atoms with Crippen LogP contribution in [0, 0.1) is 6.92 Å². The Morgan fingerprint density at radius 3 is 2.31 bits per heavy atom. The van der Waals surface area contributed by atoms with Crippen molar-refractivity contribution in [1.29, 1.82) is 0 Å². The second kappa shape index (κ2) is 3.53. The molecule has 2 aromatic carbocycles. The summed E-state index contributed by atoms with van der Waals surface area (Å²) in [5.74, 6) is 0. The van der Waals surface area contributed by atoms with Crippen molar-refractivity contribution in [2.24, 2.45) is 0 Å².